The lowest BCUT2D eigenvalue weighted by molar-refractivity contribution is 0.201. The van der Waals surface area contributed by atoms with Gasteiger partial charge in [0.2, 0.25) is 0 Å². The van der Waals surface area contributed by atoms with E-state index < -0.39 is 0 Å². The van der Waals surface area contributed by atoms with Crippen molar-refractivity contribution in [2.24, 2.45) is 0 Å². The topological polar surface area (TPSA) is 49.6 Å². The lowest BCUT2D eigenvalue weighted by atomic mass is 9.96. The predicted octanol–water partition coefficient (Wildman–Crippen LogP) is 3.10. The Hall–Kier alpha value is -2.47. The van der Waals surface area contributed by atoms with Crippen LogP contribution >= 0.6 is 0 Å². The van der Waals surface area contributed by atoms with E-state index in [4.69, 9.17) is 10.1 Å². The quantitative estimate of drug-likeness (QED) is 0.714. The van der Waals surface area contributed by atoms with E-state index in [0.717, 1.165) is 57.0 Å². The Morgan fingerprint density at radius 2 is 1.85 bits per heavy atom. The molecular formula is C21H26N6. The molecule has 0 saturated carbocycles. The summed E-state index contributed by atoms with van der Waals surface area (Å²) >= 11 is 0. The Bertz CT molecular complexity index is 891. The van der Waals surface area contributed by atoms with Gasteiger partial charge in [0.05, 0.1) is 11.9 Å². The molecule has 2 aliphatic heterocycles. The number of likely N-dealkylation sites (tertiary alicyclic amines) is 1. The molecule has 0 atom stereocenters. The van der Waals surface area contributed by atoms with Gasteiger partial charge in [-0.05, 0) is 62.5 Å². The third kappa shape index (κ3) is 3.54. The van der Waals surface area contributed by atoms with E-state index in [-0.39, 0.29) is 0 Å². The SMILES string of the molecule is c1cncc(CN2CCC(c3nc4ccc(N5CCCC5)cn4n3)CC2)c1. The van der Waals surface area contributed by atoms with E-state index in [1.165, 1.54) is 24.1 Å². The number of fused-ring (bicyclic) bond motifs is 1. The van der Waals surface area contributed by atoms with E-state index in [1.807, 2.05) is 23.0 Å². The fourth-order valence-corrected chi connectivity index (χ4v) is 4.32. The molecule has 6 heteroatoms. The van der Waals surface area contributed by atoms with Gasteiger partial charge in [-0.3, -0.25) is 9.88 Å². The van der Waals surface area contributed by atoms with Gasteiger partial charge >= 0.3 is 0 Å². The molecule has 6 nitrogen and oxygen atoms in total. The number of hydrogen-bond acceptors (Lipinski definition) is 5. The highest BCUT2D eigenvalue weighted by atomic mass is 15.3. The molecule has 0 aliphatic carbocycles. The fourth-order valence-electron chi connectivity index (χ4n) is 4.32. The highest BCUT2D eigenvalue weighted by molar-refractivity contribution is 5.51. The highest BCUT2D eigenvalue weighted by Gasteiger charge is 2.24. The molecule has 2 aliphatic rings. The first-order valence-electron chi connectivity index (χ1n) is 10.1. The van der Waals surface area contributed by atoms with Crippen molar-refractivity contribution in [1.82, 2.24) is 24.5 Å². The smallest absolute Gasteiger partial charge is 0.155 e. The molecule has 5 heterocycles. The van der Waals surface area contributed by atoms with Crippen LogP contribution in [0.25, 0.3) is 5.65 Å². The number of hydrogen-bond donors (Lipinski definition) is 0. The minimum atomic E-state index is 0.463. The Morgan fingerprint density at radius 1 is 1.00 bits per heavy atom. The van der Waals surface area contributed by atoms with Crippen LogP contribution in [0.15, 0.2) is 42.9 Å². The molecule has 0 spiro atoms. The van der Waals surface area contributed by atoms with Gasteiger partial charge in [-0.2, -0.15) is 5.10 Å². The second-order valence-electron chi connectivity index (χ2n) is 7.77. The molecule has 2 saturated heterocycles. The van der Waals surface area contributed by atoms with Crippen molar-refractivity contribution >= 4 is 11.3 Å². The minimum absolute atomic E-state index is 0.463. The lowest BCUT2D eigenvalue weighted by Gasteiger charge is -2.30. The van der Waals surface area contributed by atoms with E-state index in [0.29, 0.717) is 5.92 Å². The van der Waals surface area contributed by atoms with Crippen LogP contribution in [-0.4, -0.2) is 50.7 Å². The van der Waals surface area contributed by atoms with Crippen LogP contribution in [0.2, 0.25) is 0 Å². The zero-order valence-electron chi connectivity index (χ0n) is 15.7. The molecule has 0 amide bonds. The summed E-state index contributed by atoms with van der Waals surface area (Å²) < 4.78 is 1.98. The first kappa shape index (κ1) is 16.7. The molecule has 0 unspecified atom stereocenters. The van der Waals surface area contributed by atoms with Crippen molar-refractivity contribution in [1.29, 1.82) is 0 Å². The summed E-state index contributed by atoms with van der Waals surface area (Å²) in [6.07, 6.45) is 10.8. The number of rotatable bonds is 4. The van der Waals surface area contributed by atoms with Crippen molar-refractivity contribution < 1.29 is 0 Å². The summed E-state index contributed by atoms with van der Waals surface area (Å²) in [6.45, 7) is 5.48. The number of piperidine rings is 1. The van der Waals surface area contributed by atoms with Gasteiger partial charge in [0, 0.05) is 37.9 Å². The van der Waals surface area contributed by atoms with Gasteiger partial charge in [-0.25, -0.2) is 9.50 Å². The van der Waals surface area contributed by atoms with E-state index in [1.54, 1.807) is 0 Å². The standard InChI is InChI=1S/C21H26N6/c1-2-11-26(10-1)19-5-6-20-23-21(24-27(20)16-19)18-7-12-25(13-8-18)15-17-4-3-9-22-14-17/h3-6,9,14,16,18H,1-2,7-8,10-13,15H2. The second-order valence-corrected chi connectivity index (χ2v) is 7.77. The monoisotopic (exact) mass is 362 g/mol. The van der Waals surface area contributed by atoms with E-state index in [2.05, 4.69) is 39.2 Å². The zero-order chi connectivity index (χ0) is 18.1. The summed E-state index contributed by atoms with van der Waals surface area (Å²) in [5.74, 6) is 1.47. The number of pyridine rings is 2. The Kier molecular flexibility index (Phi) is 4.49. The average Bonchev–Trinajstić information content (AvgIpc) is 3.39. The first-order valence-corrected chi connectivity index (χ1v) is 10.1. The van der Waals surface area contributed by atoms with Crippen LogP contribution in [0, 0.1) is 0 Å². The number of nitrogens with zero attached hydrogens (tertiary/aromatic N) is 6. The lowest BCUT2D eigenvalue weighted by Crippen LogP contribution is -2.32. The third-order valence-electron chi connectivity index (χ3n) is 5.88. The van der Waals surface area contributed by atoms with Crippen molar-refractivity contribution in [3.05, 3.63) is 54.2 Å². The van der Waals surface area contributed by atoms with Crippen LogP contribution in [0.5, 0.6) is 0 Å². The zero-order valence-corrected chi connectivity index (χ0v) is 15.7. The van der Waals surface area contributed by atoms with Crippen molar-refractivity contribution in [3.63, 3.8) is 0 Å². The maximum absolute atomic E-state index is 4.83. The number of anilines is 1. The third-order valence-corrected chi connectivity index (χ3v) is 5.88. The predicted molar refractivity (Wildman–Crippen MR) is 106 cm³/mol. The van der Waals surface area contributed by atoms with E-state index in [9.17, 15) is 0 Å². The van der Waals surface area contributed by atoms with Crippen LogP contribution in [0.4, 0.5) is 5.69 Å². The molecule has 27 heavy (non-hydrogen) atoms. The van der Waals surface area contributed by atoms with Crippen LogP contribution in [0.3, 0.4) is 0 Å². The first-order chi connectivity index (χ1) is 13.3. The summed E-state index contributed by atoms with van der Waals surface area (Å²) in [5, 5.41) is 4.83. The average molecular weight is 362 g/mol. The molecule has 0 bridgehead atoms. The maximum atomic E-state index is 4.83. The Labute approximate surface area is 159 Å². The number of aromatic nitrogens is 4. The van der Waals surface area contributed by atoms with Crippen molar-refractivity contribution in [3.8, 4) is 0 Å². The molecular weight excluding hydrogens is 336 g/mol. The van der Waals surface area contributed by atoms with Crippen LogP contribution < -0.4 is 4.90 Å². The molecule has 0 N–H and O–H groups in total. The van der Waals surface area contributed by atoms with Gasteiger partial charge in [0.1, 0.15) is 0 Å². The minimum Gasteiger partial charge on any atom is -0.370 e. The molecule has 0 aromatic carbocycles. The Morgan fingerprint density at radius 3 is 2.63 bits per heavy atom. The van der Waals surface area contributed by atoms with Gasteiger partial charge in [-0.1, -0.05) is 6.07 Å². The van der Waals surface area contributed by atoms with Crippen molar-refractivity contribution in [2.45, 2.75) is 38.1 Å². The van der Waals surface area contributed by atoms with Gasteiger partial charge < -0.3 is 4.90 Å². The van der Waals surface area contributed by atoms with Gasteiger partial charge in [-0.15, -0.1) is 0 Å². The Balaban J connectivity index is 1.26. The van der Waals surface area contributed by atoms with Crippen molar-refractivity contribution in [2.75, 3.05) is 31.1 Å². The van der Waals surface area contributed by atoms with E-state index >= 15 is 0 Å². The van der Waals surface area contributed by atoms with Crippen LogP contribution in [-0.2, 0) is 6.54 Å². The largest absolute Gasteiger partial charge is 0.370 e. The molecule has 140 valence electrons. The molecule has 0 radical (unpaired) electrons. The second kappa shape index (κ2) is 7.27. The molecule has 3 aromatic rings. The normalized spacial score (nSPS) is 19.2. The molecule has 2 fully saturated rings. The highest BCUT2D eigenvalue weighted by Crippen LogP contribution is 2.27. The summed E-state index contributed by atoms with van der Waals surface area (Å²) in [6, 6.07) is 8.47. The summed E-state index contributed by atoms with van der Waals surface area (Å²) in [7, 11) is 0. The fraction of sp³-hybridized carbons (Fsp3) is 0.476. The van der Waals surface area contributed by atoms with Gasteiger partial charge in [0.25, 0.3) is 0 Å². The molecule has 5 rings (SSSR count). The molecule has 3 aromatic heterocycles. The summed E-state index contributed by atoms with van der Waals surface area (Å²) in [5.41, 5.74) is 3.52. The summed E-state index contributed by atoms with van der Waals surface area (Å²) in [4.78, 5) is 14.0. The van der Waals surface area contributed by atoms with Gasteiger partial charge in [0.15, 0.2) is 11.5 Å². The van der Waals surface area contributed by atoms with Crippen LogP contribution in [0.1, 0.15) is 43.0 Å². The maximum Gasteiger partial charge on any atom is 0.155 e.